The number of rotatable bonds is 3. The smallest absolute Gasteiger partial charge is 0.133 e. The molecule has 0 aliphatic carbocycles. The zero-order valence-corrected chi connectivity index (χ0v) is 10.0. The van der Waals surface area contributed by atoms with Crippen LogP contribution in [0, 0.1) is 0 Å². The summed E-state index contributed by atoms with van der Waals surface area (Å²) in [6, 6.07) is 5.88. The minimum Gasteiger partial charge on any atom is -0.490 e. The van der Waals surface area contributed by atoms with Crippen LogP contribution in [0.1, 0.15) is 19.4 Å². The Morgan fingerprint density at radius 1 is 1.46 bits per heavy atom. The van der Waals surface area contributed by atoms with Crippen LogP contribution in [0.3, 0.4) is 0 Å². The summed E-state index contributed by atoms with van der Waals surface area (Å²) in [6.07, 6.45) is 0.193. The molecule has 13 heavy (non-hydrogen) atoms. The summed E-state index contributed by atoms with van der Waals surface area (Å²) < 4.78 is 6.51. The van der Waals surface area contributed by atoms with Gasteiger partial charge in [0.1, 0.15) is 5.75 Å². The van der Waals surface area contributed by atoms with Gasteiger partial charge in [-0.2, -0.15) is 0 Å². The second-order valence-electron chi connectivity index (χ2n) is 3.07. The molecular weight excluding hydrogens is 251 g/mol. The van der Waals surface area contributed by atoms with Crippen LogP contribution in [0.4, 0.5) is 0 Å². The monoisotopic (exact) mass is 262 g/mol. The number of hydrogen-bond donors (Lipinski definition) is 0. The van der Waals surface area contributed by atoms with Gasteiger partial charge in [-0.05, 0) is 47.5 Å². The van der Waals surface area contributed by atoms with Crippen LogP contribution < -0.4 is 4.74 Å². The second-order valence-corrected chi connectivity index (χ2v) is 4.19. The van der Waals surface area contributed by atoms with E-state index in [0.717, 1.165) is 15.8 Å². The molecular formula is C10H12BrClO. The lowest BCUT2D eigenvalue weighted by Gasteiger charge is -2.11. The van der Waals surface area contributed by atoms with Gasteiger partial charge in [-0.25, -0.2) is 0 Å². The molecule has 1 rings (SSSR count). The molecule has 0 unspecified atom stereocenters. The minimum absolute atomic E-state index is 0.193. The molecule has 0 saturated heterocycles. The van der Waals surface area contributed by atoms with Crippen LogP contribution >= 0.6 is 27.5 Å². The summed E-state index contributed by atoms with van der Waals surface area (Å²) in [5, 5.41) is 0. The standard InChI is InChI=1S/C10H12BrClO/c1-7(2)13-10-4-3-8(6-12)5-9(10)11/h3-5,7H,6H2,1-2H3. The van der Waals surface area contributed by atoms with E-state index < -0.39 is 0 Å². The van der Waals surface area contributed by atoms with Crippen LogP contribution in [0.2, 0.25) is 0 Å². The maximum absolute atomic E-state index is 5.70. The topological polar surface area (TPSA) is 9.23 Å². The SMILES string of the molecule is CC(C)Oc1ccc(CCl)cc1Br. The van der Waals surface area contributed by atoms with E-state index >= 15 is 0 Å². The van der Waals surface area contributed by atoms with Crippen LogP contribution in [0.5, 0.6) is 5.75 Å². The Balaban J connectivity index is 2.85. The average Bonchev–Trinajstić information content (AvgIpc) is 2.08. The zero-order valence-electron chi connectivity index (χ0n) is 7.68. The lowest BCUT2D eigenvalue weighted by atomic mass is 10.2. The van der Waals surface area contributed by atoms with E-state index in [0.29, 0.717) is 5.88 Å². The van der Waals surface area contributed by atoms with E-state index in [1.165, 1.54) is 0 Å². The first kappa shape index (κ1) is 10.9. The van der Waals surface area contributed by atoms with Gasteiger partial charge in [0.15, 0.2) is 0 Å². The van der Waals surface area contributed by atoms with E-state index in [2.05, 4.69) is 15.9 Å². The maximum atomic E-state index is 5.70. The number of ether oxygens (including phenoxy) is 1. The summed E-state index contributed by atoms with van der Waals surface area (Å²) in [7, 11) is 0. The van der Waals surface area contributed by atoms with E-state index in [9.17, 15) is 0 Å². The Morgan fingerprint density at radius 2 is 2.15 bits per heavy atom. The lowest BCUT2D eigenvalue weighted by molar-refractivity contribution is 0.241. The van der Waals surface area contributed by atoms with Crippen LogP contribution in [-0.2, 0) is 5.88 Å². The Bertz CT molecular complexity index is 286. The van der Waals surface area contributed by atoms with Crippen LogP contribution in [0.15, 0.2) is 22.7 Å². The Morgan fingerprint density at radius 3 is 2.62 bits per heavy atom. The van der Waals surface area contributed by atoms with Crippen molar-refractivity contribution in [1.29, 1.82) is 0 Å². The van der Waals surface area contributed by atoms with Crippen molar-refractivity contribution in [3.8, 4) is 5.75 Å². The third-order valence-corrected chi connectivity index (χ3v) is 2.44. The van der Waals surface area contributed by atoms with Gasteiger partial charge in [0.25, 0.3) is 0 Å². The van der Waals surface area contributed by atoms with E-state index in [4.69, 9.17) is 16.3 Å². The molecule has 0 aliphatic heterocycles. The van der Waals surface area contributed by atoms with Crippen molar-refractivity contribution in [2.75, 3.05) is 0 Å². The predicted octanol–water partition coefficient (Wildman–Crippen LogP) is 3.98. The van der Waals surface area contributed by atoms with Crippen molar-refractivity contribution in [1.82, 2.24) is 0 Å². The first-order chi connectivity index (χ1) is 6.13. The van der Waals surface area contributed by atoms with Gasteiger partial charge in [0.05, 0.1) is 10.6 Å². The minimum atomic E-state index is 0.193. The van der Waals surface area contributed by atoms with Crippen molar-refractivity contribution in [3.63, 3.8) is 0 Å². The Hall–Kier alpha value is -0.210. The third kappa shape index (κ3) is 3.20. The molecule has 0 saturated carbocycles. The van der Waals surface area contributed by atoms with E-state index in [-0.39, 0.29) is 6.10 Å². The maximum Gasteiger partial charge on any atom is 0.133 e. The highest BCUT2D eigenvalue weighted by molar-refractivity contribution is 9.10. The normalized spacial score (nSPS) is 10.5. The molecule has 1 nitrogen and oxygen atoms in total. The first-order valence-electron chi connectivity index (χ1n) is 4.14. The Kier molecular flexibility index (Phi) is 4.07. The highest BCUT2D eigenvalue weighted by Gasteiger charge is 2.03. The van der Waals surface area contributed by atoms with Crippen molar-refractivity contribution < 1.29 is 4.74 Å². The van der Waals surface area contributed by atoms with Gasteiger partial charge in [-0.1, -0.05) is 6.07 Å². The van der Waals surface area contributed by atoms with Gasteiger partial charge >= 0.3 is 0 Å². The molecule has 0 heterocycles. The fourth-order valence-electron chi connectivity index (χ4n) is 0.977. The molecule has 0 aromatic heterocycles. The summed E-state index contributed by atoms with van der Waals surface area (Å²) in [5.74, 6) is 1.39. The fourth-order valence-corrected chi connectivity index (χ4v) is 1.66. The molecule has 0 atom stereocenters. The van der Waals surface area contributed by atoms with Crippen LogP contribution in [0.25, 0.3) is 0 Å². The van der Waals surface area contributed by atoms with Crippen molar-refractivity contribution in [2.45, 2.75) is 25.8 Å². The fraction of sp³-hybridized carbons (Fsp3) is 0.400. The van der Waals surface area contributed by atoms with Crippen molar-refractivity contribution in [2.24, 2.45) is 0 Å². The largest absolute Gasteiger partial charge is 0.490 e. The van der Waals surface area contributed by atoms with E-state index in [1.54, 1.807) is 0 Å². The van der Waals surface area contributed by atoms with Gasteiger partial charge in [0.2, 0.25) is 0 Å². The van der Waals surface area contributed by atoms with Gasteiger partial charge < -0.3 is 4.74 Å². The average molecular weight is 264 g/mol. The molecule has 0 radical (unpaired) electrons. The quantitative estimate of drug-likeness (QED) is 0.750. The third-order valence-electron chi connectivity index (χ3n) is 1.51. The zero-order chi connectivity index (χ0) is 9.84. The number of hydrogen-bond acceptors (Lipinski definition) is 1. The molecule has 1 aromatic carbocycles. The predicted molar refractivity (Wildman–Crippen MR) is 59.5 cm³/mol. The first-order valence-corrected chi connectivity index (χ1v) is 5.47. The number of halogens is 2. The van der Waals surface area contributed by atoms with Gasteiger partial charge in [-0.3, -0.25) is 0 Å². The molecule has 0 amide bonds. The summed E-state index contributed by atoms with van der Waals surface area (Å²) in [4.78, 5) is 0. The highest BCUT2D eigenvalue weighted by Crippen LogP contribution is 2.27. The van der Waals surface area contributed by atoms with E-state index in [1.807, 2.05) is 32.0 Å². The molecule has 0 bridgehead atoms. The number of benzene rings is 1. The molecule has 0 spiro atoms. The highest BCUT2D eigenvalue weighted by atomic mass is 79.9. The number of alkyl halides is 1. The second kappa shape index (κ2) is 4.87. The lowest BCUT2D eigenvalue weighted by Crippen LogP contribution is -2.05. The Labute approximate surface area is 92.2 Å². The molecule has 0 fully saturated rings. The molecule has 3 heteroatoms. The molecule has 72 valence electrons. The van der Waals surface area contributed by atoms with Crippen molar-refractivity contribution in [3.05, 3.63) is 28.2 Å². The van der Waals surface area contributed by atoms with Gasteiger partial charge in [-0.15, -0.1) is 11.6 Å². The summed E-state index contributed by atoms with van der Waals surface area (Å²) in [5.41, 5.74) is 1.09. The van der Waals surface area contributed by atoms with Crippen LogP contribution in [-0.4, -0.2) is 6.10 Å². The summed E-state index contributed by atoms with van der Waals surface area (Å²) in [6.45, 7) is 4.00. The van der Waals surface area contributed by atoms with Crippen molar-refractivity contribution >= 4 is 27.5 Å². The molecule has 0 N–H and O–H groups in total. The molecule has 0 aliphatic rings. The van der Waals surface area contributed by atoms with Gasteiger partial charge in [0, 0.05) is 5.88 Å². The molecule has 1 aromatic rings. The summed E-state index contributed by atoms with van der Waals surface area (Å²) >= 11 is 9.13.